The van der Waals surface area contributed by atoms with Gasteiger partial charge in [0.25, 0.3) is 5.69 Å². The van der Waals surface area contributed by atoms with Gasteiger partial charge in [0.1, 0.15) is 5.69 Å². The van der Waals surface area contributed by atoms with Gasteiger partial charge in [-0.2, -0.15) is 5.26 Å². The Morgan fingerprint density at radius 1 is 1.57 bits per heavy atom. The van der Waals surface area contributed by atoms with Crippen LogP contribution in [-0.2, 0) is 7.05 Å². The Balaban J connectivity index is 1.95. The molecular formula is C13H13N5O2S. The summed E-state index contributed by atoms with van der Waals surface area (Å²) in [5, 5.41) is 23.7. The Morgan fingerprint density at radius 2 is 2.38 bits per heavy atom. The molecular weight excluding hydrogens is 290 g/mol. The summed E-state index contributed by atoms with van der Waals surface area (Å²) in [6.07, 6.45) is 3.59. The van der Waals surface area contributed by atoms with E-state index in [1.165, 1.54) is 6.07 Å². The fourth-order valence-corrected chi connectivity index (χ4v) is 2.51. The number of nitriles is 1. The van der Waals surface area contributed by atoms with E-state index in [1.54, 1.807) is 30.1 Å². The van der Waals surface area contributed by atoms with Crippen LogP contribution in [-0.4, -0.2) is 26.8 Å². The first-order valence-electron chi connectivity index (χ1n) is 6.14. The maximum absolute atomic E-state index is 11.0. The minimum atomic E-state index is -0.491. The van der Waals surface area contributed by atoms with E-state index >= 15 is 0 Å². The van der Waals surface area contributed by atoms with E-state index in [9.17, 15) is 10.1 Å². The molecule has 2 aromatic rings. The number of aromatic nitrogens is 2. The highest BCUT2D eigenvalue weighted by Crippen LogP contribution is 2.25. The third-order valence-electron chi connectivity index (χ3n) is 2.75. The van der Waals surface area contributed by atoms with Crippen LogP contribution in [0.2, 0.25) is 0 Å². The van der Waals surface area contributed by atoms with Crippen LogP contribution in [0.15, 0.2) is 35.7 Å². The van der Waals surface area contributed by atoms with E-state index in [0.29, 0.717) is 12.2 Å². The van der Waals surface area contributed by atoms with E-state index in [0.717, 1.165) is 10.9 Å². The molecule has 0 aliphatic rings. The van der Waals surface area contributed by atoms with Crippen molar-refractivity contribution in [3.8, 4) is 6.07 Å². The lowest BCUT2D eigenvalue weighted by Gasteiger charge is -2.07. The van der Waals surface area contributed by atoms with Crippen molar-refractivity contribution in [3.63, 3.8) is 0 Å². The van der Waals surface area contributed by atoms with E-state index in [1.807, 2.05) is 23.9 Å². The molecule has 0 spiro atoms. The number of nitrogens with one attached hydrogen (secondary N) is 1. The predicted molar refractivity (Wildman–Crippen MR) is 80.2 cm³/mol. The predicted octanol–water partition coefficient (Wildman–Crippen LogP) is 2.40. The Labute approximate surface area is 125 Å². The Kier molecular flexibility index (Phi) is 4.79. The molecule has 0 unspecified atom stereocenters. The number of hydrogen-bond acceptors (Lipinski definition) is 6. The maximum atomic E-state index is 11.0. The monoisotopic (exact) mass is 303 g/mol. The molecule has 0 radical (unpaired) electrons. The zero-order valence-electron chi connectivity index (χ0n) is 11.3. The topological polar surface area (TPSA) is 96.8 Å². The highest BCUT2D eigenvalue weighted by Gasteiger charge is 2.14. The SMILES string of the molecule is Cn1ccnc1SCCNc1ccc(C#N)cc1[N+](=O)[O-]. The van der Waals surface area contributed by atoms with Crippen molar-refractivity contribution in [3.05, 3.63) is 46.3 Å². The summed E-state index contributed by atoms with van der Waals surface area (Å²) in [6.45, 7) is 0.560. The minimum Gasteiger partial charge on any atom is -0.379 e. The molecule has 0 bridgehead atoms. The van der Waals surface area contributed by atoms with Crippen molar-refractivity contribution < 1.29 is 4.92 Å². The summed E-state index contributed by atoms with van der Waals surface area (Å²) in [4.78, 5) is 14.7. The van der Waals surface area contributed by atoms with Gasteiger partial charge >= 0.3 is 0 Å². The Hall–Kier alpha value is -2.53. The number of anilines is 1. The van der Waals surface area contributed by atoms with Crippen molar-refractivity contribution in [1.29, 1.82) is 5.26 Å². The van der Waals surface area contributed by atoms with Crippen LogP contribution < -0.4 is 5.32 Å². The lowest BCUT2D eigenvalue weighted by molar-refractivity contribution is -0.384. The fraction of sp³-hybridized carbons (Fsp3) is 0.231. The molecule has 0 aliphatic carbocycles. The smallest absolute Gasteiger partial charge is 0.293 e. The van der Waals surface area contributed by atoms with Crippen LogP contribution in [0.1, 0.15) is 5.56 Å². The lowest BCUT2D eigenvalue weighted by atomic mass is 10.2. The first kappa shape index (κ1) is 14.9. The van der Waals surface area contributed by atoms with Gasteiger partial charge in [-0.1, -0.05) is 11.8 Å². The van der Waals surface area contributed by atoms with Crippen molar-refractivity contribution in [2.45, 2.75) is 5.16 Å². The van der Waals surface area contributed by atoms with Gasteiger partial charge in [-0.05, 0) is 12.1 Å². The fourth-order valence-electron chi connectivity index (χ4n) is 1.72. The van der Waals surface area contributed by atoms with Crippen molar-refractivity contribution >= 4 is 23.1 Å². The van der Waals surface area contributed by atoms with Crippen LogP contribution in [0.4, 0.5) is 11.4 Å². The van der Waals surface area contributed by atoms with Crippen LogP contribution in [0.25, 0.3) is 0 Å². The molecule has 0 saturated carbocycles. The number of benzene rings is 1. The molecule has 21 heavy (non-hydrogen) atoms. The lowest BCUT2D eigenvalue weighted by Crippen LogP contribution is -2.07. The molecule has 108 valence electrons. The van der Waals surface area contributed by atoms with Crippen LogP contribution in [0.5, 0.6) is 0 Å². The van der Waals surface area contributed by atoms with E-state index in [-0.39, 0.29) is 11.3 Å². The number of nitro benzene ring substituents is 1. The number of nitro groups is 1. The van der Waals surface area contributed by atoms with Gasteiger partial charge in [0.05, 0.1) is 16.6 Å². The number of hydrogen-bond donors (Lipinski definition) is 1. The van der Waals surface area contributed by atoms with E-state index in [2.05, 4.69) is 10.3 Å². The van der Waals surface area contributed by atoms with Gasteiger partial charge in [0, 0.05) is 37.8 Å². The second-order valence-corrected chi connectivity index (χ2v) is 5.26. The number of nitrogens with zero attached hydrogens (tertiary/aromatic N) is 4. The van der Waals surface area contributed by atoms with E-state index < -0.39 is 4.92 Å². The standard InChI is InChI=1S/C13H13N5O2S/c1-17-6-4-16-13(17)21-7-5-15-11-3-2-10(9-14)8-12(11)18(19)20/h2-4,6,8,15H,5,7H2,1H3. The molecule has 7 nitrogen and oxygen atoms in total. The average Bonchev–Trinajstić information content (AvgIpc) is 2.89. The first-order chi connectivity index (χ1) is 10.1. The molecule has 0 fully saturated rings. The number of rotatable bonds is 6. The molecule has 0 saturated heterocycles. The highest BCUT2D eigenvalue weighted by atomic mass is 32.2. The zero-order chi connectivity index (χ0) is 15.2. The zero-order valence-corrected chi connectivity index (χ0v) is 12.1. The van der Waals surface area contributed by atoms with Gasteiger partial charge in [-0.25, -0.2) is 4.98 Å². The van der Waals surface area contributed by atoms with Crippen molar-refractivity contribution in [2.75, 3.05) is 17.6 Å². The largest absolute Gasteiger partial charge is 0.379 e. The second kappa shape index (κ2) is 6.76. The van der Waals surface area contributed by atoms with Gasteiger partial charge < -0.3 is 9.88 Å². The summed E-state index contributed by atoms with van der Waals surface area (Å²) < 4.78 is 1.91. The molecule has 1 heterocycles. The van der Waals surface area contributed by atoms with Gasteiger partial charge in [0.15, 0.2) is 5.16 Å². The summed E-state index contributed by atoms with van der Waals surface area (Å²) in [6, 6.07) is 6.28. The third-order valence-corrected chi connectivity index (χ3v) is 3.81. The minimum absolute atomic E-state index is 0.0870. The molecule has 2 rings (SSSR count). The van der Waals surface area contributed by atoms with Crippen LogP contribution in [0.3, 0.4) is 0 Å². The summed E-state index contributed by atoms with van der Waals surface area (Å²) in [5.41, 5.74) is 0.602. The van der Waals surface area contributed by atoms with Crippen molar-refractivity contribution in [2.24, 2.45) is 7.05 Å². The highest BCUT2D eigenvalue weighted by molar-refractivity contribution is 7.99. The second-order valence-electron chi connectivity index (χ2n) is 4.20. The van der Waals surface area contributed by atoms with Gasteiger partial charge in [-0.3, -0.25) is 10.1 Å². The third kappa shape index (κ3) is 3.73. The summed E-state index contributed by atoms with van der Waals surface area (Å²) in [5.74, 6) is 0.724. The van der Waals surface area contributed by atoms with Gasteiger partial charge in [-0.15, -0.1) is 0 Å². The van der Waals surface area contributed by atoms with Gasteiger partial charge in [0.2, 0.25) is 0 Å². The van der Waals surface area contributed by atoms with Crippen LogP contribution >= 0.6 is 11.8 Å². The summed E-state index contributed by atoms with van der Waals surface area (Å²) >= 11 is 1.56. The molecule has 1 aromatic heterocycles. The molecule has 8 heteroatoms. The molecule has 1 aromatic carbocycles. The maximum Gasteiger partial charge on any atom is 0.293 e. The molecule has 0 amide bonds. The van der Waals surface area contributed by atoms with Crippen LogP contribution in [0, 0.1) is 21.4 Å². The average molecular weight is 303 g/mol. The normalized spacial score (nSPS) is 10.1. The summed E-state index contributed by atoms with van der Waals surface area (Å²) in [7, 11) is 1.91. The first-order valence-corrected chi connectivity index (χ1v) is 7.13. The quantitative estimate of drug-likeness (QED) is 0.381. The number of imidazole rings is 1. The Morgan fingerprint density at radius 3 is 3.00 bits per heavy atom. The van der Waals surface area contributed by atoms with Crippen molar-refractivity contribution in [1.82, 2.24) is 9.55 Å². The molecule has 0 atom stereocenters. The molecule has 0 aliphatic heterocycles. The number of aryl methyl sites for hydroxylation is 1. The molecule has 1 N–H and O–H groups in total. The van der Waals surface area contributed by atoms with E-state index in [4.69, 9.17) is 5.26 Å². The Bertz CT molecular complexity index is 692. The number of thioether (sulfide) groups is 1.